The summed E-state index contributed by atoms with van der Waals surface area (Å²) in [6, 6.07) is 40.6. The van der Waals surface area contributed by atoms with Gasteiger partial charge in [-0.15, -0.1) is 25.6 Å². The molecular formula is C47H36N14O6S. The second-order valence-corrected chi connectivity index (χ2v) is 16.0. The fourth-order valence-electron chi connectivity index (χ4n) is 6.52. The minimum Gasteiger partial charge on any atom is -0.507 e. The number of anilines is 4. The lowest BCUT2D eigenvalue weighted by Crippen LogP contribution is -1.99. The number of carboxylic acids is 1. The molecule has 336 valence electrons. The number of rotatable bonds is 13. The summed E-state index contributed by atoms with van der Waals surface area (Å²) in [7, 11) is -4.87. The molecule has 0 fully saturated rings. The first-order chi connectivity index (χ1) is 32.7. The summed E-state index contributed by atoms with van der Waals surface area (Å²) >= 11 is 0. The Balaban J connectivity index is 0.990. The molecule has 21 heteroatoms. The van der Waals surface area contributed by atoms with Crippen molar-refractivity contribution in [2.75, 3.05) is 22.9 Å². The van der Waals surface area contributed by atoms with Crippen LogP contribution in [0.4, 0.5) is 79.6 Å². The number of carboxylic acid groups (broad SMARTS) is 1. The van der Waals surface area contributed by atoms with E-state index in [1.807, 2.05) is 12.1 Å². The van der Waals surface area contributed by atoms with Crippen LogP contribution in [-0.2, 0) is 10.1 Å². The number of nitrogens with zero attached hydrogens (tertiary/aromatic N) is 10. The maximum Gasteiger partial charge on any atom is 0.339 e. The summed E-state index contributed by atoms with van der Waals surface area (Å²) < 4.78 is 36.0. The molecule has 0 aliphatic carbocycles. The quantitative estimate of drug-likeness (QED) is 0.0325. The van der Waals surface area contributed by atoms with Gasteiger partial charge in [0.25, 0.3) is 10.1 Å². The molecule has 0 unspecified atom stereocenters. The Morgan fingerprint density at radius 1 is 0.456 bits per heavy atom. The van der Waals surface area contributed by atoms with Crippen LogP contribution in [0, 0.1) is 0 Å². The number of aromatic hydroxyl groups is 1. The molecule has 8 aromatic carbocycles. The molecule has 0 heterocycles. The molecule has 8 rings (SSSR count). The highest BCUT2D eigenvalue weighted by atomic mass is 32.2. The van der Waals surface area contributed by atoms with Gasteiger partial charge in [-0.1, -0.05) is 54.6 Å². The molecule has 0 saturated carbocycles. The lowest BCUT2D eigenvalue weighted by molar-refractivity contribution is 0.0693. The van der Waals surface area contributed by atoms with E-state index < -0.39 is 21.0 Å². The first-order valence-electron chi connectivity index (χ1n) is 20.0. The standard InChI is InChI=1S/C47H36N14O6S/c48-28-12-18-38(37(49)22-28)57-55-31-4-3-5-32(23-31)56-58-39-19-20-40(45(51)44(39)50)59-60-41-25-43(68(65,66)67)46(35-7-2-1-6-34(35)41)61-53-30-15-10-27(11-16-30)26-8-13-29(14-9-26)52-54-33-17-21-42(62)36(24-33)47(63)64/h1-25,62H,48-51H2,(H,63,64)(H,65,66,67). The van der Waals surface area contributed by atoms with Crippen LogP contribution in [0.5, 0.6) is 5.75 Å². The van der Waals surface area contributed by atoms with Crippen LogP contribution in [0.1, 0.15) is 10.4 Å². The van der Waals surface area contributed by atoms with Gasteiger partial charge in [0.15, 0.2) is 0 Å². The van der Waals surface area contributed by atoms with Gasteiger partial charge in [0, 0.05) is 16.5 Å². The van der Waals surface area contributed by atoms with Crippen LogP contribution in [0.3, 0.4) is 0 Å². The molecule has 0 amide bonds. The van der Waals surface area contributed by atoms with E-state index in [4.69, 9.17) is 22.9 Å². The predicted molar refractivity (Wildman–Crippen MR) is 259 cm³/mol. The van der Waals surface area contributed by atoms with Crippen LogP contribution in [0.15, 0.2) is 208 Å². The fraction of sp³-hybridized carbons (Fsp3) is 0. The number of azo groups is 5. The third-order valence-corrected chi connectivity index (χ3v) is 10.9. The Morgan fingerprint density at radius 3 is 1.53 bits per heavy atom. The van der Waals surface area contributed by atoms with Crippen LogP contribution in [-0.4, -0.2) is 29.2 Å². The van der Waals surface area contributed by atoms with Crippen molar-refractivity contribution in [2.24, 2.45) is 51.1 Å². The van der Waals surface area contributed by atoms with Crippen molar-refractivity contribution >= 4 is 106 Å². The minimum absolute atomic E-state index is 0.0361. The molecule has 0 aliphatic heterocycles. The van der Waals surface area contributed by atoms with Gasteiger partial charge in [0.2, 0.25) is 0 Å². The first-order valence-corrected chi connectivity index (χ1v) is 21.5. The van der Waals surface area contributed by atoms with Crippen LogP contribution in [0.2, 0.25) is 0 Å². The molecule has 0 aliphatic rings. The van der Waals surface area contributed by atoms with Crippen molar-refractivity contribution in [2.45, 2.75) is 4.90 Å². The Bertz CT molecular complexity index is 3530. The molecule has 0 bridgehead atoms. The monoisotopic (exact) mass is 924 g/mol. The van der Waals surface area contributed by atoms with E-state index in [0.717, 1.165) is 17.2 Å². The number of aromatic carboxylic acids is 1. The van der Waals surface area contributed by atoms with Gasteiger partial charge in [-0.05, 0) is 108 Å². The van der Waals surface area contributed by atoms with E-state index in [-0.39, 0.29) is 51.1 Å². The number of fused-ring (bicyclic) bond motifs is 1. The third-order valence-electron chi connectivity index (χ3n) is 10.00. The number of hydrogen-bond donors (Lipinski definition) is 7. The number of benzene rings is 8. The van der Waals surface area contributed by atoms with E-state index in [1.165, 1.54) is 24.3 Å². The minimum atomic E-state index is -4.87. The van der Waals surface area contributed by atoms with Crippen LogP contribution < -0.4 is 22.9 Å². The fourth-order valence-corrected chi connectivity index (χ4v) is 7.18. The van der Waals surface area contributed by atoms with E-state index >= 15 is 0 Å². The number of phenols is 1. The maximum atomic E-state index is 12.8. The Labute approximate surface area is 386 Å². The Kier molecular flexibility index (Phi) is 12.7. The van der Waals surface area contributed by atoms with E-state index in [0.29, 0.717) is 50.6 Å². The van der Waals surface area contributed by atoms with Crippen molar-refractivity contribution in [1.82, 2.24) is 0 Å². The first kappa shape index (κ1) is 45.0. The normalized spacial score (nSPS) is 12.1. The smallest absolute Gasteiger partial charge is 0.339 e. The van der Waals surface area contributed by atoms with E-state index in [9.17, 15) is 28.0 Å². The molecule has 0 atom stereocenters. The highest BCUT2D eigenvalue weighted by Crippen LogP contribution is 2.43. The predicted octanol–water partition coefficient (Wildman–Crippen LogP) is 13.6. The van der Waals surface area contributed by atoms with Gasteiger partial charge in [-0.2, -0.15) is 34.0 Å². The summed E-state index contributed by atoms with van der Waals surface area (Å²) in [5, 5.41) is 62.0. The second-order valence-electron chi connectivity index (χ2n) is 14.6. The zero-order chi connectivity index (χ0) is 48.0. The van der Waals surface area contributed by atoms with Crippen LogP contribution >= 0.6 is 0 Å². The molecule has 68 heavy (non-hydrogen) atoms. The third kappa shape index (κ3) is 10.3. The second kappa shape index (κ2) is 19.2. The summed E-state index contributed by atoms with van der Waals surface area (Å²) in [6.07, 6.45) is 0. The number of carbonyl (C=O) groups is 1. The van der Waals surface area contributed by atoms with E-state index in [2.05, 4.69) is 51.1 Å². The molecule has 0 aromatic heterocycles. The zero-order valence-corrected chi connectivity index (χ0v) is 36.0. The average molecular weight is 925 g/mol. The van der Waals surface area contributed by atoms with Crippen LogP contribution in [0.25, 0.3) is 21.9 Å². The van der Waals surface area contributed by atoms with Gasteiger partial charge in [0.05, 0.1) is 51.2 Å². The Morgan fingerprint density at radius 2 is 0.941 bits per heavy atom. The molecule has 0 saturated heterocycles. The molecule has 20 nitrogen and oxygen atoms in total. The van der Waals surface area contributed by atoms with Crippen molar-refractivity contribution in [3.63, 3.8) is 0 Å². The Hall–Kier alpha value is -9.60. The molecule has 8 aromatic rings. The summed E-state index contributed by atoms with van der Waals surface area (Å²) in [5.41, 5.74) is 29.7. The van der Waals surface area contributed by atoms with Gasteiger partial charge in [-0.25, -0.2) is 4.79 Å². The largest absolute Gasteiger partial charge is 0.507 e. The highest BCUT2D eigenvalue weighted by molar-refractivity contribution is 7.86. The number of nitrogen functional groups attached to an aromatic ring is 4. The average Bonchev–Trinajstić information content (AvgIpc) is 3.33. The summed E-state index contributed by atoms with van der Waals surface area (Å²) in [4.78, 5) is 10.8. The summed E-state index contributed by atoms with van der Waals surface area (Å²) in [6.45, 7) is 0. The lowest BCUT2D eigenvalue weighted by atomic mass is 10.1. The van der Waals surface area contributed by atoms with Crippen molar-refractivity contribution in [3.8, 4) is 16.9 Å². The van der Waals surface area contributed by atoms with Crippen molar-refractivity contribution < 1.29 is 28.0 Å². The van der Waals surface area contributed by atoms with Gasteiger partial charge in [0.1, 0.15) is 39.0 Å². The summed E-state index contributed by atoms with van der Waals surface area (Å²) in [5.74, 6) is -1.66. The number of hydrogen-bond acceptors (Lipinski definition) is 18. The number of nitrogens with two attached hydrogens (primary N) is 4. The molecular weight excluding hydrogens is 889 g/mol. The lowest BCUT2D eigenvalue weighted by Gasteiger charge is -2.10. The van der Waals surface area contributed by atoms with E-state index in [1.54, 1.807) is 109 Å². The SMILES string of the molecule is Nc1ccc(N=Nc2cccc(N=Nc3ccc(N=Nc4cc(S(=O)(=O)O)c(N=Nc5ccc(-c6ccc(N=Nc7ccc(O)c(C(=O)O)c7)cc6)cc5)c5ccccc45)c(N)c3N)c2)c(N)c1. The van der Waals surface area contributed by atoms with Gasteiger partial charge < -0.3 is 33.1 Å². The van der Waals surface area contributed by atoms with Crippen molar-refractivity contribution in [3.05, 3.63) is 157 Å². The highest BCUT2D eigenvalue weighted by Gasteiger charge is 2.22. The van der Waals surface area contributed by atoms with Gasteiger partial charge >= 0.3 is 5.97 Å². The van der Waals surface area contributed by atoms with Crippen molar-refractivity contribution in [1.29, 1.82) is 0 Å². The van der Waals surface area contributed by atoms with Gasteiger partial charge in [-0.3, -0.25) is 4.55 Å². The molecule has 0 radical (unpaired) electrons. The molecule has 0 spiro atoms. The molecule has 11 N–H and O–H groups in total. The topological polar surface area (TPSA) is 340 Å². The zero-order valence-electron chi connectivity index (χ0n) is 35.2. The maximum absolute atomic E-state index is 12.8.